The standard InChI is InChI=1S/C11H22O3/c1-3-5-7-13-9-11(12)10-14-8-6-4-2/h3-10H2,1-2H3. The summed E-state index contributed by atoms with van der Waals surface area (Å²) in [6.45, 7) is 5.95. The Morgan fingerprint density at radius 2 is 1.36 bits per heavy atom. The van der Waals surface area contributed by atoms with Gasteiger partial charge in [-0.25, -0.2) is 0 Å². The van der Waals surface area contributed by atoms with Crippen molar-refractivity contribution in [1.82, 2.24) is 0 Å². The van der Waals surface area contributed by atoms with Gasteiger partial charge in [-0.05, 0) is 12.8 Å². The molecule has 0 atom stereocenters. The zero-order valence-electron chi connectivity index (χ0n) is 9.38. The van der Waals surface area contributed by atoms with E-state index in [4.69, 9.17) is 9.47 Å². The summed E-state index contributed by atoms with van der Waals surface area (Å²) in [5.74, 6) is 0.0391. The number of ether oxygens (including phenoxy) is 2. The van der Waals surface area contributed by atoms with Gasteiger partial charge in [-0.15, -0.1) is 0 Å². The van der Waals surface area contributed by atoms with Crippen LogP contribution in [0.4, 0.5) is 0 Å². The maximum Gasteiger partial charge on any atom is 0.183 e. The van der Waals surface area contributed by atoms with Crippen LogP contribution in [0.5, 0.6) is 0 Å². The van der Waals surface area contributed by atoms with Crippen molar-refractivity contribution in [3.8, 4) is 0 Å². The summed E-state index contributed by atoms with van der Waals surface area (Å²) < 4.78 is 10.3. The Kier molecular flexibility index (Phi) is 10.4. The van der Waals surface area contributed by atoms with Crippen molar-refractivity contribution < 1.29 is 14.3 Å². The fraction of sp³-hybridized carbons (Fsp3) is 0.909. The van der Waals surface area contributed by atoms with Gasteiger partial charge in [-0.1, -0.05) is 26.7 Å². The van der Waals surface area contributed by atoms with E-state index in [0.717, 1.165) is 25.7 Å². The highest BCUT2D eigenvalue weighted by atomic mass is 16.5. The van der Waals surface area contributed by atoms with E-state index in [2.05, 4.69) is 13.8 Å². The Hall–Kier alpha value is -0.410. The van der Waals surface area contributed by atoms with E-state index in [1.165, 1.54) is 0 Å². The Morgan fingerprint density at radius 1 is 0.929 bits per heavy atom. The van der Waals surface area contributed by atoms with Gasteiger partial charge in [0, 0.05) is 13.2 Å². The van der Waals surface area contributed by atoms with Crippen molar-refractivity contribution in [2.45, 2.75) is 39.5 Å². The lowest BCUT2D eigenvalue weighted by Gasteiger charge is -2.03. The first-order valence-electron chi connectivity index (χ1n) is 5.48. The predicted molar refractivity (Wildman–Crippen MR) is 56.5 cm³/mol. The zero-order chi connectivity index (χ0) is 10.6. The average molecular weight is 202 g/mol. The lowest BCUT2D eigenvalue weighted by Crippen LogP contribution is -2.16. The second-order valence-corrected chi connectivity index (χ2v) is 3.35. The van der Waals surface area contributed by atoms with E-state index >= 15 is 0 Å². The van der Waals surface area contributed by atoms with Gasteiger partial charge >= 0.3 is 0 Å². The van der Waals surface area contributed by atoms with Crippen LogP contribution in [0.2, 0.25) is 0 Å². The Morgan fingerprint density at radius 3 is 1.71 bits per heavy atom. The van der Waals surface area contributed by atoms with Crippen LogP contribution in [0.25, 0.3) is 0 Å². The molecule has 0 bridgehead atoms. The second-order valence-electron chi connectivity index (χ2n) is 3.35. The van der Waals surface area contributed by atoms with Crippen LogP contribution in [-0.2, 0) is 14.3 Å². The van der Waals surface area contributed by atoms with Crippen LogP contribution in [0, 0.1) is 0 Å². The highest BCUT2D eigenvalue weighted by molar-refractivity contribution is 5.80. The lowest BCUT2D eigenvalue weighted by atomic mass is 10.3. The van der Waals surface area contributed by atoms with Crippen molar-refractivity contribution in [3.63, 3.8) is 0 Å². The summed E-state index contributed by atoms with van der Waals surface area (Å²) in [6, 6.07) is 0. The molecule has 0 heterocycles. The number of hydrogen-bond acceptors (Lipinski definition) is 3. The van der Waals surface area contributed by atoms with E-state index in [1.807, 2.05) is 0 Å². The monoisotopic (exact) mass is 202 g/mol. The number of Topliss-reactive ketones (excluding diaryl/α,β-unsaturated/α-hetero) is 1. The molecule has 0 saturated heterocycles. The van der Waals surface area contributed by atoms with Crippen LogP contribution in [0.1, 0.15) is 39.5 Å². The summed E-state index contributed by atoms with van der Waals surface area (Å²) in [5, 5.41) is 0. The highest BCUT2D eigenvalue weighted by Gasteiger charge is 2.01. The summed E-state index contributed by atoms with van der Waals surface area (Å²) in [5.41, 5.74) is 0. The van der Waals surface area contributed by atoms with Gasteiger partial charge in [0.05, 0.1) is 0 Å². The molecule has 0 amide bonds. The van der Waals surface area contributed by atoms with Crippen molar-refractivity contribution in [1.29, 1.82) is 0 Å². The summed E-state index contributed by atoms with van der Waals surface area (Å²) >= 11 is 0. The first-order chi connectivity index (χ1) is 6.81. The first kappa shape index (κ1) is 13.6. The minimum Gasteiger partial charge on any atom is -0.374 e. The number of carbonyl (C=O) groups is 1. The molecular weight excluding hydrogens is 180 g/mol. The molecule has 0 fully saturated rings. The van der Waals surface area contributed by atoms with Crippen molar-refractivity contribution in [3.05, 3.63) is 0 Å². The molecule has 0 unspecified atom stereocenters. The quantitative estimate of drug-likeness (QED) is 0.509. The predicted octanol–water partition coefficient (Wildman–Crippen LogP) is 2.19. The van der Waals surface area contributed by atoms with Crippen LogP contribution in [0.3, 0.4) is 0 Å². The van der Waals surface area contributed by atoms with E-state index in [9.17, 15) is 4.79 Å². The van der Waals surface area contributed by atoms with Gasteiger partial charge in [0.2, 0.25) is 0 Å². The number of rotatable bonds is 10. The number of carbonyl (C=O) groups excluding carboxylic acids is 1. The number of hydrogen-bond donors (Lipinski definition) is 0. The van der Waals surface area contributed by atoms with Gasteiger partial charge in [-0.3, -0.25) is 4.79 Å². The molecule has 0 aliphatic rings. The van der Waals surface area contributed by atoms with E-state index in [0.29, 0.717) is 13.2 Å². The normalized spacial score (nSPS) is 10.4. The molecule has 0 saturated carbocycles. The molecule has 14 heavy (non-hydrogen) atoms. The highest BCUT2D eigenvalue weighted by Crippen LogP contribution is 1.90. The molecule has 0 aliphatic heterocycles. The minimum atomic E-state index is 0.0391. The molecule has 0 spiro atoms. The summed E-state index contributed by atoms with van der Waals surface area (Å²) in [6.07, 6.45) is 4.23. The van der Waals surface area contributed by atoms with E-state index in [-0.39, 0.29) is 19.0 Å². The third-order valence-electron chi connectivity index (χ3n) is 1.81. The van der Waals surface area contributed by atoms with E-state index < -0.39 is 0 Å². The third kappa shape index (κ3) is 9.68. The second kappa shape index (κ2) is 10.7. The molecule has 0 rings (SSSR count). The Labute approximate surface area is 86.8 Å². The molecule has 84 valence electrons. The topological polar surface area (TPSA) is 35.5 Å². The number of unbranched alkanes of at least 4 members (excludes halogenated alkanes) is 2. The maximum atomic E-state index is 11.1. The van der Waals surface area contributed by atoms with E-state index in [1.54, 1.807) is 0 Å². The Bertz CT molecular complexity index is 120. The minimum absolute atomic E-state index is 0.0391. The molecule has 0 aliphatic carbocycles. The van der Waals surface area contributed by atoms with Crippen LogP contribution < -0.4 is 0 Å². The van der Waals surface area contributed by atoms with Crippen molar-refractivity contribution in [2.24, 2.45) is 0 Å². The Balaban J connectivity index is 3.11. The van der Waals surface area contributed by atoms with Crippen LogP contribution in [0.15, 0.2) is 0 Å². The SMILES string of the molecule is CCCCOCC(=O)COCCCC. The van der Waals surface area contributed by atoms with Gasteiger partial charge in [-0.2, -0.15) is 0 Å². The summed E-state index contributed by atoms with van der Waals surface area (Å²) in [7, 11) is 0. The molecular formula is C11H22O3. The molecule has 0 aromatic carbocycles. The fourth-order valence-electron chi connectivity index (χ4n) is 0.906. The molecule has 0 aromatic heterocycles. The lowest BCUT2D eigenvalue weighted by molar-refractivity contribution is -0.128. The van der Waals surface area contributed by atoms with Gasteiger partial charge in [0.15, 0.2) is 5.78 Å². The van der Waals surface area contributed by atoms with Gasteiger partial charge in [0.1, 0.15) is 13.2 Å². The summed E-state index contributed by atoms with van der Waals surface area (Å²) in [4.78, 5) is 11.1. The first-order valence-corrected chi connectivity index (χ1v) is 5.48. The number of ketones is 1. The van der Waals surface area contributed by atoms with Crippen molar-refractivity contribution >= 4 is 5.78 Å². The van der Waals surface area contributed by atoms with Crippen molar-refractivity contribution in [2.75, 3.05) is 26.4 Å². The molecule has 0 N–H and O–H groups in total. The third-order valence-corrected chi connectivity index (χ3v) is 1.81. The smallest absolute Gasteiger partial charge is 0.183 e. The van der Waals surface area contributed by atoms with Gasteiger partial charge < -0.3 is 9.47 Å². The van der Waals surface area contributed by atoms with Gasteiger partial charge in [0.25, 0.3) is 0 Å². The largest absolute Gasteiger partial charge is 0.374 e. The molecule has 0 radical (unpaired) electrons. The molecule has 3 heteroatoms. The molecule has 3 nitrogen and oxygen atoms in total. The average Bonchev–Trinajstić information content (AvgIpc) is 2.19. The maximum absolute atomic E-state index is 11.1. The van der Waals surface area contributed by atoms with Crippen LogP contribution in [-0.4, -0.2) is 32.2 Å². The fourth-order valence-corrected chi connectivity index (χ4v) is 0.906. The molecule has 0 aromatic rings. The zero-order valence-corrected chi connectivity index (χ0v) is 9.38. The van der Waals surface area contributed by atoms with Crippen LogP contribution >= 0.6 is 0 Å².